The number of hydrogen-bond donors (Lipinski definition) is 0. The van der Waals surface area contributed by atoms with Gasteiger partial charge in [0.15, 0.2) is 0 Å². The Labute approximate surface area is 332 Å². The molecule has 10 aromatic rings. The molecule has 2 aliphatic rings. The maximum absolute atomic E-state index is 2.48. The standard InChI is InChI=1S/C54H35BN2/c1-3-18-40(19-4-1)56-50-28-13-11-26-48(50)55-49-27-12-14-29-51(49)57(41-20-5-2-6-21-41)53-35-39(34-52(56)54(53)55)37-17-15-16-36(32-37)38-30-31-46-44-24-8-7-22-42(44)43-23-9-10-25-45(43)47(46)33-38/h1-35H. The molecule has 0 N–H and O–H groups in total. The molecule has 0 radical (unpaired) electrons. The highest BCUT2D eigenvalue weighted by atomic mass is 15.2. The zero-order valence-corrected chi connectivity index (χ0v) is 31.2. The van der Waals surface area contributed by atoms with Crippen LogP contribution in [-0.2, 0) is 0 Å². The molecule has 0 aromatic heterocycles. The lowest BCUT2D eigenvalue weighted by Gasteiger charge is -2.44. The fraction of sp³-hybridized carbons (Fsp3) is 0. The van der Waals surface area contributed by atoms with E-state index in [1.165, 1.54) is 93.7 Å². The zero-order chi connectivity index (χ0) is 37.5. The fourth-order valence-electron chi connectivity index (χ4n) is 9.74. The van der Waals surface area contributed by atoms with Gasteiger partial charge in [-0.2, -0.15) is 0 Å². The minimum Gasteiger partial charge on any atom is -0.311 e. The molecule has 0 unspecified atom stereocenters. The number of para-hydroxylation sites is 4. The van der Waals surface area contributed by atoms with Gasteiger partial charge >= 0.3 is 0 Å². The first kappa shape index (κ1) is 31.9. The molecule has 0 spiro atoms. The number of benzene rings is 10. The summed E-state index contributed by atoms with van der Waals surface area (Å²) in [6.07, 6.45) is 0. The molecule has 0 aliphatic carbocycles. The van der Waals surface area contributed by atoms with E-state index in [0.29, 0.717) is 0 Å². The molecule has 2 heterocycles. The van der Waals surface area contributed by atoms with Crippen LogP contribution in [0.3, 0.4) is 0 Å². The Morgan fingerprint density at radius 1 is 0.263 bits per heavy atom. The van der Waals surface area contributed by atoms with Gasteiger partial charge in [0.1, 0.15) is 0 Å². The first-order valence-corrected chi connectivity index (χ1v) is 19.8. The summed E-state index contributed by atoms with van der Waals surface area (Å²) in [6.45, 7) is 0.0891. The topological polar surface area (TPSA) is 6.48 Å². The molecule has 0 bridgehead atoms. The molecule has 0 saturated carbocycles. The van der Waals surface area contributed by atoms with Crippen molar-refractivity contribution in [3.8, 4) is 22.3 Å². The second-order valence-corrected chi connectivity index (χ2v) is 15.3. The second kappa shape index (κ2) is 12.6. The highest BCUT2D eigenvalue weighted by Crippen LogP contribution is 2.46. The zero-order valence-electron chi connectivity index (χ0n) is 31.2. The van der Waals surface area contributed by atoms with E-state index < -0.39 is 0 Å². The summed E-state index contributed by atoms with van der Waals surface area (Å²) >= 11 is 0. The van der Waals surface area contributed by atoms with Crippen molar-refractivity contribution < 1.29 is 0 Å². The lowest BCUT2D eigenvalue weighted by Crippen LogP contribution is -2.61. The maximum Gasteiger partial charge on any atom is 0.252 e. The Bertz CT molecular complexity index is 3060. The molecule has 0 atom stereocenters. The molecule has 2 aliphatic heterocycles. The van der Waals surface area contributed by atoms with Crippen LogP contribution in [0.15, 0.2) is 212 Å². The van der Waals surface area contributed by atoms with Gasteiger partial charge in [-0.1, -0.05) is 152 Å². The average molecular weight is 723 g/mol. The number of anilines is 6. The van der Waals surface area contributed by atoms with E-state index in [9.17, 15) is 0 Å². The summed E-state index contributed by atoms with van der Waals surface area (Å²) in [5.41, 5.74) is 15.9. The SMILES string of the molecule is c1ccc(N2c3ccccc3B3c4ccccc4N(c4ccccc4)c4cc(-c5cccc(-c6ccc7c8ccccc8c8ccccc8c7c6)c5)cc2c43)cc1. The van der Waals surface area contributed by atoms with Crippen LogP contribution < -0.4 is 26.2 Å². The van der Waals surface area contributed by atoms with E-state index >= 15 is 0 Å². The normalized spacial score (nSPS) is 12.8. The van der Waals surface area contributed by atoms with Crippen LogP contribution in [0.2, 0.25) is 0 Å². The van der Waals surface area contributed by atoms with Gasteiger partial charge < -0.3 is 9.80 Å². The van der Waals surface area contributed by atoms with E-state index in [0.717, 1.165) is 11.4 Å². The minimum atomic E-state index is 0.0891. The van der Waals surface area contributed by atoms with Crippen molar-refractivity contribution in [2.75, 3.05) is 9.80 Å². The summed E-state index contributed by atoms with van der Waals surface area (Å²) in [5, 5.41) is 7.74. The van der Waals surface area contributed by atoms with Crippen molar-refractivity contribution in [1.82, 2.24) is 0 Å². The van der Waals surface area contributed by atoms with Crippen LogP contribution in [0.5, 0.6) is 0 Å². The van der Waals surface area contributed by atoms with Crippen LogP contribution in [0, 0.1) is 0 Å². The Balaban J connectivity index is 1.10. The fourth-order valence-corrected chi connectivity index (χ4v) is 9.74. The Hall–Kier alpha value is -7.36. The lowest BCUT2D eigenvalue weighted by atomic mass is 9.33. The quantitative estimate of drug-likeness (QED) is 0.132. The van der Waals surface area contributed by atoms with Crippen LogP contribution in [0.1, 0.15) is 0 Å². The van der Waals surface area contributed by atoms with Crippen molar-refractivity contribution >= 4 is 89.5 Å². The van der Waals surface area contributed by atoms with Crippen molar-refractivity contribution in [3.63, 3.8) is 0 Å². The summed E-state index contributed by atoms with van der Waals surface area (Å²) < 4.78 is 0. The largest absolute Gasteiger partial charge is 0.311 e. The first-order valence-electron chi connectivity index (χ1n) is 19.8. The van der Waals surface area contributed by atoms with E-state index in [1.54, 1.807) is 0 Å². The third-order valence-electron chi connectivity index (χ3n) is 12.2. The van der Waals surface area contributed by atoms with Crippen LogP contribution >= 0.6 is 0 Å². The van der Waals surface area contributed by atoms with Gasteiger partial charge in [0.2, 0.25) is 0 Å². The third kappa shape index (κ3) is 4.86. The minimum absolute atomic E-state index is 0.0891. The lowest BCUT2D eigenvalue weighted by molar-refractivity contribution is 1.25. The molecule has 10 aromatic carbocycles. The molecule has 2 nitrogen and oxygen atoms in total. The molecule has 264 valence electrons. The summed E-state index contributed by atoms with van der Waals surface area (Å²) in [6, 6.07) is 78.3. The van der Waals surface area contributed by atoms with Crippen molar-refractivity contribution in [1.29, 1.82) is 0 Å². The van der Waals surface area contributed by atoms with Gasteiger partial charge in [-0.05, 0) is 132 Å². The number of hydrogen-bond acceptors (Lipinski definition) is 2. The first-order chi connectivity index (χ1) is 28.3. The van der Waals surface area contributed by atoms with Crippen molar-refractivity contribution in [2.24, 2.45) is 0 Å². The second-order valence-electron chi connectivity index (χ2n) is 15.3. The predicted octanol–water partition coefficient (Wildman–Crippen LogP) is 12.6. The van der Waals surface area contributed by atoms with Gasteiger partial charge in [-0.25, -0.2) is 0 Å². The maximum atomic E-state index is 2.48. The third-order valence-corrected chi connectivity index (χ3v) is 12.2. The molecule has 0 fully saturated rings. The summed E-state index contributed by atoms with van der Waals surface area (Å²) in [5.74, 6) is 0. The molecule has 57 heavy (non-hydrogen) atoms. The van der Waals surface area contributed by atoms with E-state index in [1.807, 2.05) is 0 Å². The highest BCUT2D eigenvalue weighted by Gasteiger charge is 2.43. The average Bonchev–Trinajstić information content (AvgIpc) is 3.29. The number of nitrogens with zero attached hydrogens (tertiary/aromatic N) is 2. The van der Waals surface area contributed by atoms with Gasteiger partial charge in [0, 0.05) is 34.1 Å². The van der Waals surface area contributed by atoms with Gasteiger partial charge in [-0.3, -0.25) is 0 Å². The highest BCUT2D eigenvalue weighted by molar-refractivity contribution is 7.00. The smallest absolute Gasteiger partial charge is 0.252 e. The van der Waals surface area contributed by atoms with Crippen LogP contribution in [-0.4, -0.2) is 6.71 Å². The van der Waals surface area contributed by atoms with Crippen LogP contribution in [0.4, 0.5) is 34.1 Å². The number of fused-ring (bicyclic) bond motifs is 10. The molecule has 0 amide bonds. The Morgan fingerprint density at radius 3 is 1.23 bits per heavy atom. The van der Waals surface area contributed by atoms with E-state index in [-0.39, 0.29) is 6.71 Å². The van der Waals surface area contributed by atoms with Gasteiger partial charge in [-0.15, -0.1) is 0 Å². The Morgan fingerprint density at radius 2 is 0.684 bits per heavy atom. The molecular weight excluding hydrogens is 687 g/mol. The summed E-state index contributed by atoms with van der Waals surface area (Å²) in [7, 11) is 0. The summed E-state index contributed by atoms with van der Waals surface area (Å²) in [4.78, 5) is 4.96. The monoisotopic (exact) mass is 722 g/mol. The van der Waals surface area contributed by atoms with Crippen molar-refractivity contribution in [2.45, 2.75) is 0 Å². The molecule has 3 heteroatoms. The molecular formula is C54H35BN2. The number of rotatable bonds is 4. The Kier molecular flexibility index (Phi) is 7.06. The van der Waals surface area contributed by atoms with Crippen LogP contribution in [0.25, 0.3) is 54.6 Å². The predicted molar refractivity (Wildman–Crippen MR) is 244 cm³/mol. The van der Waals surface area contributed by atoms with Gasteiger partial charge in [0.25, 0.3) is 6.71 Å². The van der Waals surface area contributed by atoms with Gasteiger partial charge in [0.05, 0.1) is 0 Å². The van der Waals surface area contributed by atoms with Crippen molar-refractivity contribution in [3.05, 3.63) is 212 Å². The molecule has 12 rings (SSSR count). The molecule has 0 saturated heterocycles. The van der Waals surface area contributed by atoms with E-state index in [2.05, 4.69) is 222 Å². The van der Waals surface area contributed by atoms with E-state index in [4.69, 9.17) is 0 Å².